The van der Waals surface area contributed by atoms with Gasteiger partial charge >= 0.3 is 0 Å². The van der Waals surface area contributed by atoms with Crippen molar-refractivity contribution in [3.63, 3.8) is 0 Å². The summed E-state index contributed by atoms with van der Waals surface area (Å²) in [6, 6.07) is 0.279. The van der Waals surface area contributed by atoms with E-state index in [0.717, 1.165) is 6.42 Å². The van der Waals surface area contributed by atoms with Crippen molar-refractivity contribution < 1.29 is 14.6 Å². The molecule has 1 aliphatic carbocycles. The lowest BCUT2D eigenvalue weighted by Crippen LogP contribution is -2.62. The summed E-state index contributed by atoms with van der Waals surface area (Å²) in [5.74, 6) is 0.316. The molecule has 1 heterocycles. The molecule has 92 valence electrons. The van der Waals surface area contributed by atoms with Gasteiger partial charge in [0, 0.05) is 44.1 Å². The number of rotatable bonds is 3. The molecule has 1 N–H and O–H groups in total. The van der Waals surface area contributed by atoms with Gasteiger partial charge in [0.15, 0.2) is 0 Å². The minimum absolute atomic E-state index is 0.0365. The molecule has 0 aromatic heterocycles. The number of ether oxygens (including phenoxy) is 1. The molecule has 3 unspecified atom stereocenters. The smallest absolute Gasteiger partial charge is 0.223 e. The number of amides is 1. The van der Waals surface area contributed by atoms with Gasteiger partial charge in [-0.15, -0.1) is 0 Å². The van der Waals surface area contributed by atoms with Crippen molar-refractivity contribution in [2.24, 2.45) is 11.3 Å². The number of carbonyl (C=O) groups excluding carboxylic acids is 1. The Morgan fingerprint density at radius 2 is 2.25 bits per heavy atom. The van der Waals surface area contributed by atoms with E-state index in [4.69, 9.17) is 9.84 Å². The maximum absolute atomic E-state index is 11.8. The van der Waals surface area contributed by atoms with E-state index < -0.39 is 0 Å². The quantitative estimate of drug-likeness (QED) is 0.770. The molecule has 0 spiro atoms. The van der Waals surface area contributed by atoms with Gasteiger partial charge in [0.25, 0.3) is 0 Å². The van der Waals surface area contributed by atoms with Crippen molar-refractivity contribution in [3.8, 4) is 0 Å². The van der Waals surface area contributed by atoms with Gasteiger partial charge in [-0.25, -0.2) is 0 Å². The number of hydrogen-bond donors (Lipinski definition) is 1. The molecule has 2 rings (SSSR count). The lowest BCUT2D eigenvalue weighted by atomic mass is 9.64. The molecule has 2 aliphatic rings. The lowest BCUT2D eigenvalue weighted by Gasteiger charge is -2.54. The first-order valence-corrected chi connectivity index (χ1v) is 5.93. The minimum Gasteiger partial charge on any atom is -0.396 e. The Balaban J connectivity index is 2.03. The largest absolute Gasteiger partial charge is 0.396 e. The van der Waals surface area contributed by atoms with Gasteiger partial charge in [0.2, 0.25) is 5.91 Å². The van der Waals surface area contributed by atoms with Gasteiger partial charge in [-0.1, -0.05) is 13.8 Å². The molecule has 16 heavy (non-hydrogen) atoms. The number of aliphatic hydroxyl groups excluding tert-OH is 1. The van der Waals surface area contributed by atoms with Gasteiger partial charge in [0.1, 0.15) is 0 Å². The summed E-state index contributed by atoms with van der Waals surface area (Å²) < 4.78 is 5.39. The maximum Gasteiger partial charge on any atom is 0.223 e. The second-order valence-corrected chi connectivity index (χ2v) is 5.60. The molecule has 3 atom stereocenters. The van der Waals surface area contributed by atoms with Crippen molar-refractivity contribution in [3.05, 3.63) is 0 Å². The summed E-state index contributed by atoms with van der Waals surface area (Å²) in [7, 11) is 1.73. The van der Waals surface area contributed by atoms with Gasteiger partial charge < -0.3 is 14.7 Å². The van der Waals surface area contributed by atoms with E-state index in [2.05, 4.69) is 13.8 Å². The zero-order chi connectivity index (χ0) is 11.9. The predicted octanol–water partition coefficient (Wildman–Crippen LogP) is 0.641. The molecule has 0 aromatic rings. The molecule has 2 fully saturated rings. The van der Waals surface area contributed by atoms with Gasteiger partial charge in [0.05, 0.1) is 6.10 Å². The highest BCUT2D eigenvalue weighted by atomic mass is 16.5. The van der Waals surface area contributed by atoms with Gasteiger partial charge in [-0.05, 0) is 6.42 Å². The number of aliphatic hydroxyl groups is 1. The minimum atomic E-state index is 0.0365. The molecule has 1 aliphatic heterocycles. The third kappa shape index (κ3) is 1.64. The molecule has 0 bridgehead atoms. The van der Waals surface area contributed by atoms with Crippen LogP contribution >= 0.6 is 0 Å². The zero-order valence-electron chi connectivity index (χ0n) is 10.3. The third-order valence-corrected chi connectivity index (χ3v) is 4.28. The summed E-state index contributed by atoms with van der Waals surface area (Å²) in [4.78, 5) is 13.8. The topological polar surface area (TPSA) is 49.8 Å². The summed E-state index contributed by atoms with van der Waals surface area (Å²) in [5.41, 5.74) is 0.0365. The van der Waals surface area contributed by atoms with E-state index in [1.54, 1.807) is 7.11 Å². The molecular weight excluding hydrogens is 206 g/mol. The zero-order valence-corrected chi connectivity index (χ0v) is 10.3. The van der Waals surface area contributed by atoms with E-state index in [1.807, 2.05) is 4.90 Å². The molecule has 4 heteroatoms. The van der Waals surface area contributed by atoms with Gasteiger partial charge in [-0.3, -0.25) is 4.79 Å². The van der Waals surface area contributed by atoms with Crippen LogP contribution in [0.2, 0.25) is 0 Å². The van der Waals surface area contributed by atoms with Crippen LogP contribution in [0.5, 0.6) is 0 Å². The Hall–Kier alpha value is -0.610. The average Bonchev–Trinajstić information content (AvgIpc) is 2.59. The first-order chi connectivity index (χ1) is 7.50. The predicted molar refractivity (Wildman–Crippen MR) is 59.9 cm³/mol. The van der Waals surface area contributed by atoms with Crippen molar-refractivity contribution in [2.45, 2.75) is 38.8 Å². The fourth-order valence-electron chi connectivity index (χ4n) is 3.03. The van der Waals surface area contributed by atoms with Gasteiger partial charge in [-0.2, -0.15) is 0 Å². The highest BCUT2D eigenvalue weighted by Gasteiger charge is 2.53. The van der Waals surface area contributed by atoms with E-state index in [0.29, 0.717) is 13.0 Å². The summed E-state index contributed by atoms with van der Waals surface area (Å²) >= 11 is 0. The fraction of sp³-hybridized carbons (Fsp3) is 0.917. The Morgan fingerprint density at radius 1 is 1.56 bits per heavy atom. The molecule has 1 amide bonds. The third-order valence-electron chi connectivity index (χ3n) is 4.28. The van der Waals surface area contributed by atoms with Crippen LogP contribution in [0, 0.1) is 11.3 Å². The van der Waals surface area contributed by atoms with Crippen LogP contribution in [0.4, 0.5) is 0 Å². The summed E-state index contributed by atoms with van der Waals surface area (Å²) in [5, 5.41) is 9.10. The highest BCUT2D eigenvalue weighted by molar-refractivity contribution is 5.79. The summed E-state index contributed by atoms with van der Waals surface area (Å²) in [6.07, 6.45) is 1.67. The number of nitrogens with zero attached hydrogens (tertiary/aromatic N) is 1. The average molecular weight is 227 g/mol. The van der Waals surface area contributed by atoms with Crippen LogP contribution < -0.4 is 0 Å². The lowest BCUT2D eigenvalue weighted by molar-refractivity contribution is -0.156. The second kappa shape index (κ2) is 4.00. The summed E-state index contributed by atoms with van der Waals surface area (Å²) in [6.45, 7) is 5.12. The molecule has 0 aromatic carbocycles. The first-order valence-electron chi connectivity index (χ1n) is 5.93. The van der Waals surface area contributed by atoms with Crippen molar-refractivity contribution in [2.75, 3.05) is 20.3 Å². The Bertz CT molecular complexity index is 290. The maximum atomic E-state index is 11.8. The second-order valence-electron chi connectivity index (χ2n) is 5.60. The van der Waals surface area contributed by atoms with Crippen LogP contribution in [0.25, 0.3) is 0 Å². The molecule has 1 saturated carbocycles. The van der Waals surface area contributed by atoms with E-state index >= 15 is 0 Å². The number of carbonyl (C=O) groups is 1. The normalized spacial score (nSPS) is 37.6. The number of likely N-dealkylation sites (tertiary alicyclic amines) is 1. The van der Waals surface area contributed by atoms with Crippen LogP contribution in [0.1, 0.15) is 26.7 Å². The Kier molecular flexibility index (Phi) is 2.97. The first kappa shape index (κ1) is 11.9. The Morgan fingerprint density at radius 3 is 2.69 bits per heavy atom. The highest BCUT2D eigenvalue weighted by Crippen LogP contribution is 2.46. The van der Waals surface area contributed by atoms with E-state index in [1.165, 1.54) is 0 Å². The number of methoxy groups -OCH3 is 1. The van der Waals surface area contributed by atoms with Crippen LogP contribution in [0.15, 0.2) is 0 Å². The molecule has 1 saturated heterocycles. The van der Waals surface area contributed by atoms with Crippen LogP contribution in [0.3, 0.4) is 0 Å². The van der Waals surface area contributed by atoms with Crippen LogP contribution in [-0.4, -0.2) is 48.3 Å². The monoisotopic (exact) mass is 227 g/mol. The Labute approximate surface area is 96.6 Å². The molecule has 4 nitrogen and oxygen atoms in total. The SMILES string of the molecule is COC1CC(N2CC(CO)CC2=O)C1(C)C. The molecule has 0 radical (unpaired) electrons. The van der Waals surface area contributed by atoms with E-state index in [9.17, 15) is 4.79 Å². The van der Waals surface area contributed by atoms with Crippen LogP contribution in [-0.2, 0) is 9.53 Å². The van der Waals surface area contributed by atoms with Crippen molar-refractivity contribution in [1.82, 2.24) is 4.90 Å². The van der Waals surface area contributed by atoms with Crippen molar-refractivity contribution in [1.29, 1.82) is 0 Å². The number of hydrogen-bond acceptors (Lipinski definition) is 3. The molecular formula is C12H21NO3. The standard InChI is InChI=1S/C12H21NO3/c1-12(2)9(5-10(12)16-3)13-6-8(7-14)4-11(13)15/h8-10,14H,4-7H2,1-3H3. The van der Waals surface area contributed by atoms with Crippen molar-refractivity contribution >= 4 is 5.91 Å². The fourth-order valence-corrected chi connectivity index (χ4v) is 3.03. The van der Waals surface area contributed by atoms with E-state index in [-0.39, 0.29) is 36.0 Å².